The molecular formula is C18H23NO. The van der Waals surface area contributed by atoms with Gasteiger partial charge in [-0.15, -0.1) is 0 Å². The molecule has 0 saturated heterocycles. The van der Waals surface area contributed by atoms with Crippen molar-refractivity contribution in [3.05, 3.63) is 59.7 Å². The van der Waals surface area contributed by atoms with Gasteiger partial charge in [0.1, 0.15) is 12.4 Å². The molecule has 20 heavy (non-hydrogen) atoms. The highest BCUT2D eigenvalue weighted by Gasteiger charge is 2.05. The van der Waals surface area contributed by atoms with Gasteiger partial charge in [-0.2, -0.15) is 0 Å². The van der Waals surface area contributed by atoms with Crippen molar-refractivity contribution in [1.82, 2.24) is 0 Å². The first-order valence-corrected chi connectivity index (χ1v) is 7.21. The molecular weight excluding hydrogens is 246 g/mol. The van der Waals surface area contributed by atoms with Gasteiger partial charge in [-0.1, -0.05) is 30.3 Å². The van der Waals surface area contributed by atoms with Gasteiger partial charge in [-0.3, -0.25) is 0 Å². The van der Waals surface area contributed by atoms with E-state index >= 15 is 0 Å². The summed E-state index contributed by atoms with van der Waals surface area (Å²) in [5.41, 5.74) is 3.76. The van der Waals surface area contributed by atoms with E-state index in [4.69, 9.17) is 4.74 Å². The Labute approximate surface area is 122 Å². The van der Waals surface area contributed by atoms with E-state index < -0.39 is 0 Å². The second-order valence-corrected chi connectivity index (χ2v) is 4.96. The fraction of sp³-hybridized carbons (Fsp3) is 0.333. The molecule has 106 valence electrons. The lowest BCUT2D eigenvalue weighted by atomic mass is 10.1. The molecule has 0 amide bonds. The van der Waals surface area contributed by atoms with Crippen molar-refractivity contribution in [1.29, 1.82) is 0 Å². The Hall–Kier alpha value is -1.96. The molecule has 2 rings (SSSR count). The highest BCUT2D eigenvalue weighted by molar-refractivity contribution is 5.45. The quantitative estimate of drug-likeness (QED) is 0.779. The molecule has 0 spiro atoms. The van der Waals surface area contributed by atoms with Crippen molar-refractivity contribution < 1.29 is 4.74 Å². The maximum Gasteiger partial charge on any atom is 0.122 e. The Morgan fingerprint density at radius 3 is 2.40 bits per heavy atom. The smallest absolute Gasteiger partial charge is 0.122 e. The Morgan fingerprint density at radius 2 is 1.70 bits per heavy atom. The standard InChI is InChI=1S/C18H23NO/c1-4-19(17-10-6-5-7-11-17)13-14-20-18-12-8-9-15(2)16(18)3/h5-12H,4,13-14H2,1-3H3. The third-order valence-corrected chi connectivity index (χ3v) is 3.68. The predicted octanol–water partition coefficient (Wildman–Crippen LogP) is 4.21. The summed E-state index contributed by atoms with van der Waals surface area (Å²) in [5.74, 6) is 0.995. The average Bonchev–Trinajstić information content (AvgIpc) is 2.49. The molecule has 0 aliphatic carbocycles. The predicted molar refractivity (Wildman–Crippen MR) is 85.7 cm³/mol. The zero-order valence-electron chi connectivity index (χ0n) is 12.6. The van der Waals surface area contributed by atoms with Crippen molar-refractivity contribution in [3.63, 3.8) is 0 Å². The lowest BCUT2D eigenvalue weighted by molar-refractivity contribution is 0.322. The van der Waals surface area contributed by atoms with Gasteiger partial charge in [0.25, 0.3) is 0 Å². The van der Waals surface area contributed by atoms with Gasteiger partial charge in [0.15, 0.2) is 0 Å². The molecule has 0 N–H and O–H groups in total. The Bertz CT molecular complexity index is 536. The first-order valence-electron chi connectivity index (χ1n) is 7.21. The van der Waals surface area contributed by atoms with Crippen molar-refractivity contribution in [2.45, 2.75) is 20.8 Å². The molecule has 2 heteroatoms. The fourth-order valence-electron chi connectivity index (χ4n) is 2.25. The number of hydrogen-bond donors (Lipinski definition) is 0. The number of benzene rings is 2. The molecule has 0 atom stereocenters. The van der Waals surface area contributed by atoms with Gasteiger partial charge in [0, 0.05) is 12.2 Å². The van der Waals surface area contributed by atoms with Crippen LogP contribution in [0.25, 0.3) is 0 Å². The molecule has 0 aliphatic rings. The van der Waals surface area contributed by atoms with Crippen molar-refractivity contribution in [2.75, 3.05) is 24.6 Å². The minimum atomic E-state index is 0.701. The second-order valence-electron chi connectivity index (χ2n) is 4.96. The molecule has 0 saturated carbocycles. The summed E-state index contributed by atoms with van der Waals surface area (Å²) in [4.78, 5) is 2.32. The van der Waals surface area contributed by atoms with Gasteiger partial charge in [-0.25, -0.2) is 0 Å². The maximum absolute atomic E-state index is 5.93. The monoisotopic (exact) mass is 269 g/mol. The number of aryl methyl sites for hydroxylation is 1. The van der Waals surface area contributed by atoms with E-state index in [1.165, 1.54) is 16.8 Å². The van der Waals surface area contributed by atoms with Crippen LogP contribution in [0.2, 0.25) is 0 Å². The molecule has 0 heterocycles. The van der Waals surface area contributed by atoms with E-state index in [0.717, 1.165) is 18.8 Å². The summed E-state index contributed by atoms with van der Waals surface area (Å²) in [5, 5.41) is 0. The second kappa shape index (κ2) is 6.99. The molecule has 2 nitrogen and oxygen atoms in total. The zero-order valence-corrected chi connectivity index (χ0v) is 12.6. The van der Waals surface area contributed by atoms with Gasteiger partial charge in [0.2, 0.25) is 0 Å². The van der Waals surface area contributed by atoms with Crippen LogP contribution in [0.4, 0.5) is 5.69 Å². The molecule has 0 fully saturated rings. The molecule has 0 radical (unpaired) electrons. The number of para-hydroxylation sites is 1. The first kappa shape index (κ1) is 14.4. The van der Waals surface area contributed by atoms with E-state index in [1.807, 2.05) is 18.2 Å². The van der Waals surface area contributed by atoms with E-state index in [2.05, 4.69) is 56.0 Å². The SMILES string of the molecule is CCN(CCOc1cccc(C)c1C)c1ccccc1. The van der Waals surface area contributed by atoms with E-state index in [9.17, 15) is 0 Å². The van der Waals surface area contributed by atoms with Gasteiger partial charge in [-0.05, 0) is 50.1 Å². The number of hydrogen-bond acceptors (Lipinski definition) is 2. The fourth-order valence-corrected chi connectivity index (χ4v) is 2.25. The van der Waals surface area contributed by atoms with Crippen LogP contribution < -0.4 is 9.64 Å². The Balaban J connectivity index is 1.93. The average molecular weight is 269 g/mol. The topological polar surface area (TPSA) is 12.5 Å². The largest absolute Gasteiger partial charge is 0.491 e. The molecule has 2 aromatic carbocycles. The minimum absolute atomic E-state index is 0.701. The summed E-state index contributed by atoms with van der Waals surface area (Å²) in [6, 6.07) is 16.7. The van der Waals surface area contributed by atoms with E-state index in [1.54, 1.807) is 0 Å². The van der Waals surface area contributed by atoms with Crippen LogP contribution in [0, 0.1) is 13.8 Å². The molecule has 0 unspecified atom stereocenters. The number of likely N-dealkylation sites (N-methyl/N-ethyl adjacent to an activating group) is 1. The van der Waals surface area contributed by atoms with Crippen LogP contribution in [0.5, 0.6) is 5.75 Å². The number of ether oxygens (including phenoxy) is 1. The van der Waals surface area contributed by atoms with Crippen molar-refractivity contribution in [2.24, 2.45) is 0 Å². The van der Waals surface area contributed by atoms with Gasteiger partial charge >= 0.3 is 0 Å². The van der Waals surface area contributed by atoms with Gasteiger partial charge in [0.05, 0.1) is 6.54 Å². The third kappa shape index (κ3) is 3.53. The Kier molecular flexibility index (Phi) is 5.05. The zero-order chi connectivity index (χ0) is 14.4. The summed E-state index contributed by atoms with van der Waals surface area (Å²) in [6.07, 6.45) is 0. The first-order chi connectivity index (χ1) is 9.72. The summed E-state index contributed by atoms with van der Waals surface area (Å²) in [7, 11) is 0. The molecule has 0 aliphatic heterocycles. The molecule has 0 bridgehead atoms. The number of nitrogens with zero attached hydrogens (tertiary/aromatic N) is 1. The summed E-state index contributed by atoms with van der Waals surface area (Å²) in [6.45, 7) is 8.98. The van der Waals surface area contributed by atoms with E-state index in [0.29, 0.717) is 6.61 Å². The van der Waals surface area contributed by atoms with Crippen molar-refractivity contribution >= 4 is 5.69 Å². The lowest BCUT2D eigenvalue weighted by Crippen LogP contribution is -2.28. The summed E-state index contributed by atoms with van der Waals surface area (Å²) < 4.78 is 5.93. The number of anilines is 1. The lowest BCUT2D eigenvalue weighted by Gasteiger charge is -2.23. The highest BCUT2D eigenvalue weighted by atomic mass is 16.5. The van der Waals surface area contributed by atoms with Crippen LogP contribution in [-0.2, 0) is 0 Å². The minimum Gasteiger partial charge on any atom is -0.491 e. The maximum atomic E-state index is 5.93. The van der Waals surface area contributed by atoms with Crippen LogP contribution >= 0.6 is 0 Å². The van der Waals surface area contributed by atoms with Crippen LogP contribution in [0.15, 0.2) is 48.5 Å². The Morgan fingerprint density at radius 1 is 0.950 bits per heavy atom. The van der Waals surface area contributed by atoms with E-state index in [-0.39, 0.29) is 0 Å². The van der Waals surface area contributed by atoms with Crippen LogP contribution in [0.3, 0.4) is 0 Å². The normalized spacial score (nSPS) is 10.3. The molecule has 0 aromatic heterocycles. The third-order valence-electron chi connectivity index (χ3n) is 3.68. The number of rotatable bonds is 6. The van der Waals surface area contributed by atoms with Crippen molar-refractivity contribution in [3.8, 4) is 5.75 Å². The van der Waals surface area contributed by atoms with Gasteiger partial charge < -0.3 is 9.64 Å². The summed E-state index contributed by atoms with van der Waals surface area (Å²) >= 11 is 0. The molecule has 2 aromatic rings. The highest BCUT2D eigenvalue weighted by Crippen LogP contribution is 2.20. The van der Waals surface area contributed by atoms with Crippen LogP contribution in [-0.4, -0.2) is 19.7 Å². The van der Waals surface area contributed by atoms with Crippen LogP contribution in [0.1, 0.15) is 18.1 Å².